The SMILES string of the molecule is NC(=O)CCC(NC(=O)C(N)Cc1c[nH]c2ccccc12)C(=O)NC(CS)C(=O)NC(Cc1ccc(O)cc1)C(=O)O. The predicted molar refractivity (Wildman–Crippen MR) is 157 cm³/mol. The molecule has 10 N–H and O–H groups in total. The summed E-state index contributed by atoms with van der Waals surface area (Å²) in [6, 6.07) is 8.41. The zero-order valence-corrected chi connectivity index (χ0v) is 23.5. The summed E-state index contributed by atoms with van der Waals surface area (Å²) in [4.78, 5) is 65.3. The molecule has 13 nitrogen and oxygen atoms in total. The fourth-order valence-electron chi connectivity index (χ4n) is 4.27. The maximum absolute atomic E-state index is 13.1. The zero-order valence-electron chi connectivity index (χ0n) is 22.6. The molecular weight excluding hydrogens is 564 g/mol. The summed E-state index contributed by atoms with van der Waals surface area (Å²) < 4.78 is 0. The van der Waals surface area contributed by atoms with Gasteiger partial charge >= 0.3 is 5.97 Å². The van der Waals surface area contributed by atoms with E-state index < -0.39 is 53.8 Å². The number of thiol groups is 1. The molecule has 42 heavy (non-hydrogen) atoms. The molecule has 3 aromatic rings. The molecule has 1 heterocycles. The summed E-state index contributed by atoms with van der Waals surface area (Å²) in [7, 11) is 0. The van der Waals surface area contributed by atoms with Crippen LogP contribution in [-0.2, 0) is 36.8 Å². The molecule has 4 unspecified atom stereocenters. The molecule has 1 aromatic heterocycles. The van der Waals surface area contributed by atoms with Gasteiger partial charge in [-0.3, -0.25) is 19.2 Å². The number of aliphatic carboxylic acids is 1. The van der Waals surface area contributed by atoms with Gasteiger partial charge in [-0.25, -0.2) is 4.79 Å². The van der Waals surface area contributed by atoms with E-state index in [1.54, 1.807) is 6.20 Å². The van der Waals surface area contributed by atoms with Crippen molar-refractivity contribution in [3.63, 3.8) is 0 Å². The Morgan fingerprint density at radius 1 is 0.857 bits per heavy atom. The third kappa shape index (κ3) is 8.97. The lowest BCUT2D eigenvalue weighted by molar-refractivity contribution is -0.142. The first kappa shape index (κ1) is 32.0. The van der Waals surface area contributed by atoms with Crippen molar-refractivity contribution in [1.82, 2.24) is 20.9 Å². The fraction of sp³-hybridized carbons (Fsp3) is 0.321. The number of aromatic amines is 1. The molecule has 2 aromatic carbocycles. The van der Waals surface area contributed by atoms with Crippen molar-refractivity contribution in [2.75, 3.05) is 5.75 Å². The lowest BCUT2D eigenvalue weighted by atomic mass is 10.0. The van der Waals surface area contributed by atoms with Crippen LogP contribution in [0.25, 0.3) is 10.9 Å². The number of aromatic hydroxyl groups is 1. The van der Waals surface area contributed by atoms with E-state index in [-0.39, 0.29) is 37.2 Å². The molecule has 0 radical (unpaired) electrons. The molecule has 14 heteroatoms. The largest absolute Gasteiger partial charge is 0.508 e. The lowest BCUT2D eigenvalue weighted by Gasteiger charge is -2.24. The van der Waals surface area contributed by atoms with E-state index in [4.69, 9.17) is 11.5 Å². The van der Waals surface area contributed by atoms with Gasteiger partial charge in [-0.15, -0.1) is 0 Å². The summed E-state index contributed by atoms with van der Waals surface area (Å²) in [5.74, 6) is -4.48. The lowest BCUT2D eigenvalue weighted by Crippen LogP contribution is -2.58. The smallest absolute Gasteiger partial charge is 0.326 e. The van der Waals surface area contributed by atoms with Gasteiger partial charge in [0.15, 0.2) is 0 Å². The van der Waals surface area contributed by atoms with Gasteiger partial charge in [-0.1, -0.05) is 30.3 Å². The van der Waals surface area contributed by atoms with Crippen LogP contribution in [0.5, 0.6) is 5.75 Å². The average molecular weight is 599 g/mol. The maximum Gasteiger partial charge on any atom is 0.326 e. The van der Waals surface area contributed by atoms with E-state index in [0.29, 0.717) is 5.56 Å². The topological polar surface area (TPSA) is 230 Å². The Morgan fingerprint density at radius 3 is 2.12 bits per heavy atom. The van der Waals surface area contributed by atoms with Gasteiger partial charge in [0.2, 0.25) is 23.6 Å². The number of hydrogen-bond acceptors (Lipinski definition) is 8. The third-order valence-electron chi connectivity index (χ3n) is 6.57. The highest BCUT2D eigenvalue weighted by Crippen LogP contribution is 2.19. The van der Waals surface area contributed by atoms with Gasteiger partial charge in [0.05, 0.1) is 6.04 Å². The second-order valence-corrected chi connectivity index (χ2v) is 10.1. The van der Waals surface area contributed by atoms with Crippen molar-refractivity contribution in [3.8, 4) is 5.75 Å². The minimum Gasteiger partial charge on any atom is -0.508 e. The first-order valence-electron chi connectivity index (χ1n) is 13.1. The second-order valence-electron chi connectivity index (χ2n) is 9.75. The second kappa shape index (κ2) is 14.9. The Bertz CT molecular complexity index is 1430. The minimum absolute atomic E-state index is 0.00409. The third-order valence-corrected chi connectivity index (χ3v) is 6.94. The number of carboxylic acids is 1. The maximum atomic E-state index is 13.1. The monoisotopic (exact) mass is 598 g/mol. The molecule has 0 aliphatic rings. The highest BCUT2D eigenvalue weighted by molar-refractivity contribution is 7.80. The van der Waals surface area contributed by atoms with Crippen molar-refractivity contribution in [3.05, 3.63) is 65.9 Å². The Hall–Kier alpha value is -4.56. The van der Waals surface area contributed by atoms with Crippen LogP contribution in [0.3, 0.4) is 0 Å². The van der Waals surface area contributed by atoms with E-state index in [0.717, 1.165) is 16.5 Å². The van der Waals surface area contributed by atoms with E-state index in [9.17, 15) is 34.2 Å². The Labute approximate surface area is 246 Å². The van der Waals surface area contributed by atoms with Crippen LogP contribution in [0, 0.1) is 0 Å². The number of hydrogen-bond donors (Lipinski definition) is 9. The van der Waals surface area contributed by atoms with Crippen LogP contribution in [0.15, 0.2) is 54.7 Å². The molecule has 0 fully saturated rings. The van der Waals surface area contributed by atoms with Gasteiger partial charge in [0.25, 0.3) is 0 Å². The molecule has 224 valence electrons. The number of phenolic OH excluding ortho intramolecular Hbond substituents is 1. The zero-order chi connectivity index (χ0) is 30.8. The molecule has 0 bridgehead atoms. The van der Waals surface area contributed by atoms with Gasteiger partial charge < -0.3 is 42.6 Å². The normalized spacial score (nSPS) is 13.9. The number of carbonyl (C=O) groups is 5. The molecule has 0 spiro atoms. The highest BCUT2D eigenvalue weighted by Gasteiger charge is 2.30. The Kier molecular flexibility index (Phi) is 11.3. The van der Waals surface area contributed by atoms with Crippen molar-refractivity contribution in [2.45, 2.75) is 49.9 Å². The molecular formula is C28H34N6O7S. The van der Waals surface area contributed by atoms with Crippen LogP contribution < -0.4 is 27.4 Å². The number of carboxylic acid groups (broad SMARTS) is 1. The first-order chi connectivity index (χ1) is 20.0. The van der Waals surface area contributed by atoms with Crippen molar-refractivity contribution in [2.24, 2.45) is 11.5 Å². The summed E-state index contributed by atoms with van der Waals surface area (Å²) in [5, 5.41) is 27.3. The number of benzene rings is 2. The summed E-state index contributed by atoms with van der Waals surface area (Å²) in [5.41, 5.74) is 13.6. The summed E-state index contributed by atoms with van der Waals surface area (Å²) in [6.45, 7) is 0. The number of rotatable bonds is 15. The fourth-order valence-corrected chi connectivity index (χ4v) is 4.53. The van der Waals surface area contributed by atoms with Crippen LogP contribution >= 0.6 is 12.6 Å². The molecule has 4 atom stereocenters. The minimum atomic E-state index is -1.34. The molecule has 0 aliphatic heterocycles. The van der Waals surface area contributed by atoms with Crippen LogP contribution in [0.4, 0.5) is 0 Å². The van der Waals surface area contributed by atoms with Crippen LogP contribution in [0.1, 0.15) is 24.0 Å². The number of nitrogens with two attached hydrogens (primary N) is 2. The van der Waals surface area contributed by atoms with Gasteiger partial charge in [0.1, 0.15) is 23.9 Å². The summed E-state index contributed by atoms with van der Waals surface area (Å²) >= 11 is 4.11. The number of nitrogens with one attached hydrogen (secondary N) is 4. The van der Waals surface area contributed by atoms with E-state index in [1.165, 1.54) is 24.3 Å². The number of fused-ring (bicyclic) bond motifs is 1. The Morgan fingerprint density at radius 2 is 1.48 bits per heavy atom. The van der Waals surface area contributed by atoms with Gasteiger partial charge in [-0.05, 0) is 42.2 Å². The first-order valence-corrected chi connectivity index (χ1v) is 13.7. The number of H-pyrrole nitrogens is 1. The van der Waals surface area contributed by atoms with Crippen LogP contribution in [-0.4, -0.2) is 74.7 Å². The Balaban J connectivity index is 1.65. The van der Waals surface area contributed by atoms with Crippen LogP contribution in [0.2, 0.25) is 0 Å². The summed E-state index contributed by atoms with van der Waals surface area (Å²) in [6.07, 6.45) is 1.43. The molecule has 4 amide bonds. The molecule has 3 rings (SSSR count). The highest BCUT2D eigenvalue weighted by atomic mass is 32.1. The van der Waals surface area contributed by atoms with E-state index >= 15 is 0 Å². The standard InChI is InChI=1S/C28H34N6O7S/c29-19(12-16-13-31-20-4-2-1-3-18(16)20)25(37)32-21(9-10-24(30)36)26(38)34-23(14-42)27(39)33-22(28(40)41)11-15-5-7-17(35)8-6-15/h1-8,13,19,21-23,31,35,42H,9-12,14,29H2,(H2,30,36)(H,32,37)(H,33,39)(H,34,38)(H,40,41). The number of aromatic nitrogens is 1. The number of amides is 4. The van der Waals surface area contributed by atoms with Gasteiger partial charge in [-0.2, -0.15) is 12.6 Å². The van der Waals surface area contributed by atoms with Gasteiger partial charge in [0, 0.05) is 35.7 Å². The van der Waals surface area contributed by atoms with Crippen molar-refractivity contribution >= 4 is 53.1 Å². The number of primary amides is 1. The number of phenols is 1. The molecule has 0 saturated heterocycles. The number of carbonyl (C=O) groups excluding carboxylic acids is 4. The number of para-hydroxylation sites is 1. The average Bonchev–Trinajstić information content (AvgIpc) is 3.36. The van der Waals surface area contributed by atoms with E-state index in [2.05, 4.69) is 33.6 Å². The molecule has 0 aliphatic carbocycles. The van der Waals surface area contributed by atoms with Crippen molar-refractivity contribution in [1.29, 1.82) is 0 Å². The predicted octanol–water partition coefficient (Wildman–Crippen LogP) is -0.280. The van der Waals surface area contributed by atoms with E-state index in [1.807, 2.05) is 24.3 Å². The quantitative estimate of drug-likeness (QED) is 0.105. The van der Waals surface area contributed by atoms with Crippen molar-refractivity contribution < 1.29 is 34.2 Å². The molecule has 0 saturated carbocycles.